The van der Waals surface area contributed by atoms with Gasteiger partial charge in [0.2, 0.25) is 0 Å². The average molecular weight is 253 g/mol. The number of hydrogen-bond acceptors (Lipinski definition) is 4. The van der Waals surface area contributed by atoms with E-state index in [1.807, 2.05) is 0 Å². The fourth-order valence-electron chi connectivity index (χ4n) is 2.02. The topological polar surface area (TPSA) is 55.6 Å². The van der Waals surface area contributed by atoms with E-state index in [1.54, 1.807) is 7.05 Å². The van der Waals surface area contributed by atoms with Crippen LogP contribution in [-0.4, -0.2) is 32.3 Å². The molecule has 1 aromatic heterocycles. The summed E-state index contributed by atoms with van der Waals surface area (Å²) in [6.45, 7) is 12.1. The molecule has 1 atom stereocenters. The molecule has 104 valence electrons. The van der Waals surface area contributed by atoms with Crippen molar-refractivity contribution in [3.8, 4) is 0 Å². The first kappa shape index (κ1) is 15.1. The van der Waals surface area contributed by atoms with Crippen molar-refractivity contribution in [3.63, 3.8) is 0 Å². The molecule has 0 fully saturated rings. The Kier molecular flexibility index (Phi) is 5.26. The van der Waals surface area contributed by atoms with Gasteiger partial charge in [-0.2, -0.15) is 4.80 Å². The summed E-state index contributed by atoms with van der Waals surface area (Å²) >= 11 is 0. The highest BCUT2D eigenvalue weighted by atomic mass is 15.6. The second-order valence-corrected chi connectivity index (χ2v) is 6.53. The number of aromatic nitrogens is 4. The van der Waals surface area contributed by atoms with E-state index < -0.39 is 0 Å². The van der Waals surface area contributed by atoms with E-state index in [0.29, 0.717) is 11.8 Å². The summed E-state index contributed by atoms with van der Waals surface area (Å²) < 4.78 is 0. The predicted octanol–water partition coefficient (Wildman–Crippen LogP) is 1.80. The van der Waals surface area contributed by atoms with E-state index in [-0.39, 0.29) is 5.54 Å². The van der Waals surface area contributed by atoms with Gasteiger partial charge >= 0.3 is 0 Å². The third-order valence-corrected chi connectivity index (χ3v) is 2.75. The first-order valence-corrected chi connectivity index (χ1v) is 6.74. The molecule has 1 N–H and O–H groups in total. The SMILES string of the molecule is CC(C)CC(CNC(C)(C)C)Cc1nnn(C)n1. The van der Waals surface area contributed by atoms with Crippen LogP contribution in [0.15, 0.2) is 0 Å². The maximum Gasteiger partial charge on any atom is 0.175 e. The van der Waals surface area contributed by atoms with Gasteiger partial charge in [-0.25, -0.2) is 0 Å². The number of nitrogens with zero attached hydrogens (tertiary/aromatic N) is 4. The Morgan fingerprint density at radius 3 is 2.39 bits per heavy atom. The summed E-state index contributed by atoms with van der Waals surface area (Å²) in [5.74, 6) is 2.10. The number of rotatable bonds is 6. The predicted molar refractivity (Wildman–Crippen MR) is 73.2 cm³/mol. The Morgan fingerprint density at radius 1 is 1.28 bits per heavy atom. The lowest BCUT2D eigenvalue weighted by Gasteiger charge is -2.25. The smallest absolute Gasteiger partial charge is 0.175 e. The molecule has 0 aliphatic heterocycles. The highest BCUT2D eigenvalue weighted by molar-refractivity contribution is 4.84. The molecule has 0 aliphatic carbocycles. The van der Waals surface area contributed by atoms with Crippen LogP contribution in [-0.2, 0) is 13.5 Å². The molecule has 0 bridgehead atoms. The molecule has 0 saturated heterocycles. The minimum atomic E-state index is 0.158. The molecule has 0 amide bonds. The van der Waals surface area contributed by atoms with Crippen LogP contribution >= 0.6 is 0 Å². The lowest BCUT2D eigenvalue weighted by Crippen LogP contribution is -2.40. The van der Waals surface area contributed by atoms with Crippen LogP contribution < -0.4 is 5.32 Å². The molecule has 1 unspecified atom stereocenters. The van der Waals surface area contributed by atoms with Crippen LogP contribution in [0.2, 0.25) is 0 Å². The van der Waals surface area contributed by atoms with E-state index in [9.17, 15) is 0 Å². The first-order chi connectivity index (χ1) is 8.26. The molecule has 18 heavy (non-hydrogen) atoms. The summed E-state index contributed by atoms with van der Waals surface area (Å²) in [5.41, 5.74) is 0.158. The van der Waals surface area contributed by atoms with Gasteiger partial charge in [-0.15, -0.1) is 10.2 Å². The van der Waals surface area contributed by atoms with E-state index in [1.165, 1.54) is 11.2 Å². The van der Waals surface area contributed by atoms with Crippen molar-refractivity contribution in [2.45, 2.75) is 53.0 Å². The van der Waals surface area contributed by atoms with E-state index in [2.05, 4.69) is 55.3 Å². The molecule has 0 aromatic carbocycles. The van der Waals surface area contributed by atoms with Crippen LogP contribution in [0.1, 0.15) is 46.9 Å². The Balaban J connectivity index is 2.55. The summed E-state index contributed by atoms with van der Waals surface area (Å²) in [6, 6.07) is 0. The van der Waals surface area contributed by atoms with Gasteiger partial charge in [0.05, 0.1) is 7.05 Å². The summed E-state index contributed by atoms with van der Waals surface area (Å²) in [7, 11) is 1.81. The number of tetrazole rings is 1. The van der Waals surface area contributed by atoms with Gasteiger partial charge in [-0.3, -0.25) is 0 Å². The number of hydrogen-bond donors (Lipinski definition) is 1. The largest absolute Gasteiger partial charge is 0.312 e. The van der Waals surface area contributed by atoms with E-state index in [0.717, 1.165) is 18.8 Å². The van der Waals surface area contributed by atoms with Gasteiger partial charge in [0, 0.05) is 12.0 Å². The van der Waals surface area contributed by atoms with Crippen molar-refractivity contribution in [2.24, 2.45) is 18.9 Å². The Bertz CT molecular complexity index is 351. The molecule has 1 aromatic rings. The molecule has 1 rings (SSSR count). The monoisotopic (exact) mass is 253 g/mol. The molecular formula is C13H27N5. The van der Waals surface area contributed by atoms with Crippen LogP contribution in [0.5, 0.6) is 0 Å². The lowest BCUT2D eigenvalue weighted by atomic mass is 9.93. The Morgan fingerprint density at radius 2 is 1.94 bits per heavy atom. The Hall–Kier alpha value is -0.970. The van der Waals surface area contributed by atoms with Crippen molar-refractivity contribution in [1.82, 2.24) is 25.5 Å². The summed E-state index contributed by atoms with van der Waals surface area (Å²) in [4.78, 5) is 1.53. The molecule has 0 aliphatic rings. The fourth-order valence-corrected chi connectivity index (χ4v) is 2.02. The molecule has 1 heterocycles. The second-order valence-electron chi connectivity index (χ2n) is 6.53. The third kappa shape index (κ3) is 6.10. The van der Waals surface area contributed by atoms with Gasteiger partial charge in [-0.1, -0.05) is 13.8 Å². The zero-order chi connectivity index (χ0) is 13.8. The van der Waals surface area contributed by atoms with Crippen LogP contribution in [0.3, 0.4) is 0 Å². The first-order valence-electron chi connectivity index (χ1n) is 6.74. The van der Waals surface area contributed by atoms with Crippen molar-refractivity contribution in [2.75, 3.05) is 6.54 Å². The molecule has 0 saturated carbocycles. The van der Waals surface area contributed by atoms with Crippen LogP contribution in [0, 0.1) is 11.8 Å². The molecule has 0 spiro atoms. The normalized spacial score (nSPS) is 14.2. The average Bonchev–Trinajstić information content (AvgIpc) is 2.58. The van der Waals surface area contributed by atoms with Crippen molar-refractivity contribution in [3.05, 3.63) is 5.82 Å². The van der Waals surface area contributed by atoms with Gasteiger partial charge in [0.1, 0.15) is 0 Å². The zero-order valence-electron chi connectivity index (χ0n) is 12.6. The van der Waals surface area contributed by atoms with Gasteiger partial charge < -0.3 is 5.32 Å². The van der Waals surface area contributed by atoms with Gasteiger partial charge in [-0.05, 0) is 50.8 Å². The molecule has 5 heteroatoms. The number of aryl methyl sites for hydroxylation is 1. The molecule has 0 radical (unpaired) electrons. The van der Waals surface area contributed by atoms with Gasteiger partial charge in [0.25, 0.3) is 0 Å². The minimum absolute atomic E-state index is 0.158. The van der Waals surface area contributed by atoms with Crippen LogP contribution in [0.25, 0.3) is 0 Å². The summed E-state index contributed by atoms with van der Waals surface area (Å²) in [5, 5.41) is 15.8. The maximum atomic E-state index is 4.27. The maximum absolute atomic E-state index is 4.27. The highest BCUT2D eigenvalue weighted by Crippen LogP contribution is 2.15. The van der Waals surface area contributed by atoms with Crippen molar-refractivity contribution >= 4 is 0 Å². The standard InChI is InChI=1S/C13H27N5/c1-10(2)7-11(9-14-13(3,4)5)8-12-15-17-18(6)16-12/h10-11,14H,7-9H2,1-6H3. The number of nitrogens with one attached hydrogen (secondary N) is 1. The van der Waals surface area contributed by atoms with Gasteiger partial charge in [0.15, 0.2) is 5.82 Å². The highest BCUT2D eigenvalue weighted by Gasteiger charge is 2.17. The van der Waals surface area contributed by atoms with Crippen molar-refractivity contribution < 1.29 is 0 Å². The quantitative estimate of drug-likeness (QED) is 0.840. The van der Waals surface area contributed by atoms with E-state index >= 15 is 0 Å². The third-order valence-electron chi connectivity index (χ3n) is 2.75. The van der Waals surface area contributed by atoms with E-state index in [4.69, 9.17) is 0 Å². The Labute approximate surface area is 110 Å². The summed E-state index contributed by atoms with van der Waals surface area (Å²) in [6.07, 6.45) is 2.08. The zero-order valence-corrected chi connectivity index (χ0v) is 12.6. The molecule has 5 nitrogen and oxygen atoms in total. The lowest BCUT2D eigenvalue weighted by molar-refractivity contribution is 0.328. The molecular weight excluding hydrogens is 226 g/mol. The van der Waals surface area contributed by atoms with Crippen LogP contribution in [0.4, 0.5) is 0 Å². The second kappa shape index (κ2) is 6.27. The minimum Gasteiger partial charge on any atom is -0.312 e. The van der Waals surface area contributed by atoms with Crippen molar-refractivity contribution in [1.29, 1.82) is 0 Å². The fraction of sp³-hybridized carbons (Fsp3) is 0.923.